The van der Waals surface area contributed by atoms with E-state index in [0.29, 0.717) is 6.54 Å². The number of nitrogens with two attached hydrogens (primary N) is 1. The van der Waals surface area contributed by atoms with Crippen molar-refractivity contribution in [3.8, 4) is 5.75 Å². The van der Waals surface area contributed by atoms with Crippen LogP contribution in [0, 0.1) is 0 Å². The largest absolute Gasteiger partial charge is 0.497 e. The van der Waals surface area contributed by atoms with Gasteiger partial charge in [-0.1, -0.05) is 12.1 Å². The second kappa shape index (κ2) is 7.68. The van der Waals surface area contributed by atoms with Crippen molar-refractivity contribution < 1.29 is 14.3 Å². The molecule has 1 aromatic carbocycles. The molecule has 18 heavy (non-hydrogen) atoms. The molecule has 0 aliphatic carbocycles. The summed E-state index contributed by atoms with van der Waals surface area (Å²) < 4.78 is 10.1. The molecular weight excluding hydrogens is 232 g/mol. The maximum atomic E-state index is 11.6. The fourth-order valence-corrected chi connectivity index (χ4v) is 1.58. The van der Waals surface area contributed by atoms with Gasteiger partial charge in [0, 0.05) is 20.2 Å². The Kier molecular flexibility index (Phi) is 6.18. The third kappa shape index (κ3) is 4.35. The molecular formula is C13H20N2O3. The summed E-state index contributed by atoms with van der Waals surface area (Å²) in [6, 6.07) is 7.75. The van der Waals surface area contributed by atoms with Gasteiger partial charge in [0.1, 0.15) is 11.9 Å². The fraction of sp³-hybridized carbons (Fsp3) is 0.462. The predicted molar refractivity (Wildman–Crippen MR) is 69.6 cm³/mol. The number of ether oxygens (including phenoxy) is 2. The summed E-state index contributed by atoms with van der Waals surface area (Å²) in [7, 11) is 3.10. The topological polar surface area (TPSA) is 73.6 Å². The Morgan fingerprint density at radius 1 is 1.44 bits per heavy atom. The molecule has 0 aromatic heterocycles. The van der Waals surface area contributed by atoms with Crippen LogP contribution in [-0.4, -0.2) is 39.3 Å². The Morgan fingerprint density at radius 2 is 2.22 bits per heavy atom. The normalized spacial score (nSPS) is 11.9. The lowest BCUT2D eigenvalue weighted by atomic mass is 10.1. The van der Waals surface area contributed by atoms with Crippen molar-refractivity contribution in [1.29, 1.82) is 0 Å². The molecule has 0 bridgehead atoms. The maximum absolute atomic E-state index is 11.6. The first-order valence-electron chi connectivity index (χ1n) is 5.84. The van der Waals surface area contributed by atoms with Crippen LogP contribution in [0.2, 0.25) is 0 Å². The van der Waals surface area contributed by atoms with Gasteiger partial charge >= 0.3 is 0 Å². The first-order valence-corrected chi connectivity index (χ1v) is 5.84. The summed E-state index contributed by atoms with van der Waals surface area (Å²) in [5.41, 5.74) is 6.51. The monoisotopic (exact) mass is 252 g/mol. The molecule has 0 aliphatic rings. The summed E-state index contributed by atoms with van der Waals surface area (Å²) in [5.74, 6) is 0.637. The SMILES string of the molecule is COc1cccc(CCNC(=O)C(CN)OC)c1. The number of nitrogens with one attached hydrogen (secondary N) is 1. The molecule has 0 heterocycles. The van der Waals surface area contributed by atoms with Crippen LogP contribution in [0.25, 0.3) is 0 Å². The smallest absolute Gasteiger partial charge is 0.250 e. The van der Waals surface area contributed by atoms with Crippen LogP contribution in [0.3, 0.4) is 0 Å². The molecule has 3 N–H and O–H groups in total. The summed E-state index contributed by atoms with van der Waals surface area (Å²) in [6.45, 7) is 0.730. The minimum atomic E-state index is -0.574. The zero-order valence-corrected chi connectivity index (χ0v) is 10.8. The van der Waals surface area contributed by atoms with Crippen LogP contribution in [0.4, 0.5) is 0 Å². The van der Waals surface area contributed by atoms with Crippen molar-refractivity contribution >= 4 is 5.91 Å². The number of benzene rings is 1. The van der Waals surface area contributed by atoms with Crippen LogP contribution in [-0.2, 0) is 16.0 Å². The molecule has 0 spiro atoms. The molecule has 5 nitrogen and oxygen atoms in total. The van der Waals surface area contributed by atoms with E-state index in [4.69, 9.17) is 15.2 Å². The van der Waals surface area contributed by atoms with E-state index in [2.05, 4.69) is 5.32 Å². The van der Waals surface area contributed by atoms with Crippen LogP contribution in [0.1, 0.15) is 5.56 Å². The Morgan fingerprint density at radius 3 is 2.83 bits per heavy atom. The van der Waals surface area contributed by atoms with Gasteiger partial charge in [0.25, 0.3) is 0 Å². The third-order valence-corrected chi connectivity index (χ3v) is 2.64. The second-order valence-electron chi connectivity index (χ2n) is 3.85. The van der Waals surface area contributed by atoms with Crippen LogP contribution < -0.4 is 15.8 Å². The lowest BCUT2D eigenvalue weighted by molar-refractivity contribution is -0.130. The summed E-state index contributed by atoms with van der Waals surface area (Å²) in [4.78, 5) is 11.6. The number of amides is 1. The van der Waals surface area contributed by atoms with Gasteiger partial charge < -0.3 is 20.5 Å². The van der Waals surface area contributed by atoms with Gasteiger partial charge in [0.2, 0.25) is 5.91 Å². The van der Waals surface area contributed by atoms with Crippen LogP contribution in [0.5, 0.6) is 5.75 Å². The molecule has 1 atom stereocenters. The van der Waals surface area contributed by atoms with Crippen molar-refractivity contribution in [2.75, 3.05) is 27.3 Å². The zero-order chi connectivity index (χ0) is 13.4. The van der Waals surface area contributed by atoms with Gasteiger partial charge in [-0.05, 0) is 24.1 Å². The minimum Gasteiger partial charge on any atom is -0.497 e. The van der Waals surface area contributed by atoms with E-state index in [1.807, 2.05) is 24.3 Å². The highest BCUT2D eigenvalue weighted by atomic mass is 16.5. The molecule has 1 amide bonds. The van der Waals surface area contributed by atoms with E-state index < -0.39 is 6.10 Å². The van der Waals surface area contributed by atoms with E-state index in [1.54, 1.807) is 7.11 Å². The minimum absolute atomic E-state index is 0.178. The van der Waals surface area contributed by atoms with Gasteiger partial charge in [0.05, 0.1) is 7.11 Å². The molecule has 1 aromatic rings. The Labute approximate surface area is 107 Å². The van der Waals surface area contributed by atoms with E-state index >= 15 is 0 Å². The van der Waals surface area contributed by atoms with Gasteiger partial charge in [0.15, 0.2) is 0 Å². The summed E-state index contributed by atoms with van der Waals surface area (Å²) in [5, 5.41) is 2.79. The quantitative estimate of drug-likeness (QED) is 0.733. The van der Waals surface area contributed by atoms with Crippen molar-refractivity contribution in [3.63, 3.8) is 0 Å². The van der Waals surface area contributed by atoms with Crippen LogP contribution in [0.15, 0.2) is 24.3 Å². The molecule has 5 heteroatoms. The molecule has 0 fully saturated rings. The lowest BCUT2D eigenvalue weighted by Gasteiger charge is -2.13. The third-order valence-electron chi connectivity index (χ3n) is 2.64. The fourth-order valence-electron chi connectivity index (χ4n) is 1.58. The molecule has 100 valence electrons. The lowest BCUT2D eigenvalue weighted by Crippen LogP contribution is -2.41. The van der Waals surface area contributed by atoms with Gasteiger partial charge in [-0.2, -0.15) is 0 Å². The van der Waals surface area contributed by atoms with Gasteiger partial charge in [-0.15, -0.1) is 0 Å². The number of hydrogen-bond acceptors (Lipinski definition) is 4. The highest BCUT2D eigenvalue weighted by Crippen LogP contribution is 2.12. The highest BCUT2D eigenvalue weighted by molar-refractivity contribution is 5.80. The van der Waals surface area contributed by atoms with Crippen molar-refractivity contribution in [2.24, 2.45) is 5.73 Å². The van der Waals surface area contributed by atoms with Crippen molar-refractivity contribution in [3.05, 3.63) is 29.8 Å². The van der Waals surface area contributed by atoms with Gasteiger partial charge in [-0.25, -0.2) is 0 Å². The maximum Gasteiger partial charge on any atom is 0.250 e. The Hall–Kier alpha value is -1.59. The number of carbonyl (C=O) groups excluding carboxylic acids is 1. The molecule has 0 radical (unpaired) electrons. The van der Waals surface area contributed by atoms with Gasteiger partial charge in [-0.3, -0.25) is 4.79 Å². The predicted octanol–water partition coefficient (Wildman–Crippen LogP) is 0.328. The van der Waals surface area contributed by atoms with Crippen LogP contribution >= 0.6 is 0 Å². The first-order chi connectivity index (χ1) is 8.71. The molecule has 1 rings (SSSR count). The molecule has 0 aliphatic heterocycles. The summed E-state index contributed by atoms with van der Waals surface area (Å²) >= 11 is 0. The number of hydrogen-bond donors (Lipinski definition) is 2. The molecule has 1 unspecified atom stereocenters. The zero-order valence-electron chi connectivity index (χ0n) is 10.8. The Balaban J connectivity index is 2.39. The van der Waals surface area contributed by atoms with E-state index in [1.165, 1.54) is 7.11 Å². The van der Waals surface area contributed by atoms with Crippen molar-refractivity contribution in [2.45, 2.75) is 12.5 Å². The Bertz CT molecular complexity index is 378. The van der Waals surface area contributed by atoms with E-state index in [-0.39, 0.29) is 12.5 Å². The van der Waals surface area contributed by atoms with E-state index in [0.717, 1.165) is 17.7 Å². The highest BCUT2D eigenvalue weighted by Gasteiger charge is 2.14. The second-order valence-corrected chi connectivity index (χ2v) is 3.85. The van der Waals surface area contributed by atoms with E-state index in [9.17, 15) is 4.79 Å². The number of rotatable bonds is 7. The average molecular weight is 252 g/mol. The number of methoxy groups -OCH3 is 2. The standard InChI is InChI=1S/C13H20N2O3/c1-17-11-5-3-4-10(8-11)6-7-15-13(16)12(9-14)18-2/h3-5,8,12H,6-7,9,14H2,1-2H3,(H,15,16). The van der Waals surface area contributed by atoms with Crippen molar-refractivity contribution in [1.82, 2.24) is 5.32 Å². The summed E-state index contributed by atoms with van der Waals surface area (Å²) in [6.07, 6.45) is 0.166. The first kappa shape index (κ1) is 14.5. The number of carbonyl (C=O) groups is 1. The molecule has 0 saturated carbocycles. The average Bonchev–Trinajstić information content (AvgIpc) is 2.40. The molecule has 0 saturated heterocycles.